The minimum absolute atomic E-state index is 0.0863. The van der Waals surface area contributed by atoms with Gasteiger partial charge in [-0.3, -0.25) is 4.79 Å². The van der Waals surface area contributed by atoms with Crippen LogP contribution < -0.4 is 5.32 Å². The minimum Gasteiger partial charge on any atom is -0.376 e. The summed E-state index contributed by atoms with van der Waals surface area (Å²) in [5.74, 6) is -0.0863. The van der Waals surface area contributed by atoms with Crippen LogP contribution in [0, 0.1) is 18.3 Å². The Labute approximate surface area is 165 Å². The van der Waals surface area contributed by atoms with Gasteiger partial charge in [0.15, 0.2) is 0 Å². The van der Waals surface area contributed by atoms with Crippen LogP contribution in [0.25, 0.3) is 0 Å². The molecule has 3 rings (SSSR count). The third kappa shape index (κ3) is 4.50. The third-order valence-electron chi connectivity index (χ3n) is 4.71. The zero-order valence-electron chi connectivity index (χ0n) is 15.6. The Morgan fingerprint density at radius 2 is 1.64 bits per heavy atom. The van der Waals surface area contributed by atoms with Gasteiger partial charge in [0.25, 0.3) is 0 Å². The van der Waals surface area contributed by atoms with E-state index in [0.717, 1.165) is 11.3 Å². The van der Waals surface area contributed by atoms with Crippen molar-refractivity contribution >= 4 is 21.6 Å². The number of anilines is 1. The van der Waals surface area contributed by atoms with Gasteiger partial charge in [0, 0.05) is 31.9 Å². The quantitative estimate of drug-likeness (QED) is 0.829. The summed E-state index contributed by atoms with van der Waals surface area (Å²) in [5, 5.41) is 11.8. The minimum atomic E-state index is -3.54. The lowest BCUT2D eigenvalue weighted by Crippen LogP contribution is -2.51. The smallest absolute Gasteiger partial charge is 0.243 e. The molecule has 1 N–H and O–H groups in total. The average Bonchev–Trinajstić information content (AvgIpc) is 2.73. The molecule has 0 radical (unpaired) electrons. The third-order valence-corrected chi connectivity index (χ3v) is 6.62. The highest BCUT2D eigenvalue weighted by atomic mass is 32.2. The lowest BCUT2D eigenvalue weighted by molar-refractivity contribution is -0.130. The molecule has 1 saturated heterocycles. The highest BCUT2D eigenvalue weighted by Crippen LogP contribution is 2.18. The number of amides is 1. The number of nitrogens with one attached hydrogen (secondary N) is 1. The van der Waals surface area contributed by atoms with E-state index in [1.165, 1.54) is 4.31 Å². The molecule has 1 amide bonds. The number of nitriles is 1. The zero-order chi connectivity index (χ0) is 20.1. The van der Waals surface area contributed by atoms with Crippen LogP contribution in [0.15, 0.2) is 53.4 Å². The Hall–Kier alpha value is -2.89. The van der Waals surface area contributed by atoms with Crippen LogP contribution in [0.2, 0.25) is 0 Å². The SMILES string of the molecule is Cc1ccc(S(=O)(=O)N2CCN(C(=O)CNc3ccc(C#N)cc3)CC2)cc1. The van der Waals surface area contributed by atoms with Gasteiger partial charge in [-0.1, -0.05) is 17.7 Å². The molecule has 0 aromatic heterocycles. The highest BCUT2D eigenvalue weighted by Gasteiger charge is 2.29. The van der Waals surface area contributed by atoms with E-state index in [2.05, 4.69) is 5.32 Å². The first-order valence-electron chi connectivity index (χ1n) is 8.99. The van der Waals surface area contributed by atoms with E-state index in [1.807, 2.05) is 13.0 Å². The van der Waals surface area contributed by atoms with Gasteiger partial charge in [-0.2, -0.15) is 9.57 Å². The molecule has 146 valence electrons. The van der Waals surface area contributed by atoms with E-state index in [9.17, 15) is 13.2 Å². The van der Waals surface area contributed by atoms with Crippen molar-refractivity contribution in [2.24, 2.45) is 0 Å². The predicted molar refractivity (Wildman–Crippen MR) is 106 cm³/mol. The number of hydrogen-bond donors (Lipinski definition) is 1. The van der Waals surface area contributed by atoms with Crippen LogP contribution >= 0.6 is 0 Å². The van der Waals surface area contributed by atoms with Gasteiger partial charge in [0.2, 0.25) is 15.9 Å². The molecule has 1 aliphatic heterocycles. The van der Waals surface area contributed by atoms with Crippen LogP contribution in [0.4, 0.5) is 5.69 Å². The maximum atomic E-state index is 12.7. The van der Waals surface area contributed by atoms with Crippen molar-refractivity contribution in [3.8, 4) is 6.07 Å². The number of hydrogen-bond acceptors (Lipinski definition) is 5. The Balaban J connectivity index is 1.53. The van der Waals surface area contributed by atoms with Crippen LogP contribution in [0.5, 0.6) is 0 Å². The molecule has 0 bridgehead atoms. The molecule has 0 unspecified atom stereocenters. The molecule has 0 saturated carbocycles. The Kier molecular flexibility index (Phi) is 5.97. The van der Waals surface area contributed by atoms with E-state index in [0.29, 0.717) is 18.7 Å². The predicted octanol–water partition coefficient (Wildman–Crippen LogP) is 1.81. The number of sulfonamides is 1. The maximum Gasteiger partial charge on any atom is 0.243 e. The molecule has 28 heavy (non-hydrogen) atoms. The number of benzene rings is 2. The van der Waals surface area contributed by atoms with Crippen molar-refractivity contribution < 1.29 is 13.2 Å². The van der Waals surface area contributed by atoms with Crippen molar-refractivity contribution in [1.29, 1.82) is 5.26 Å². The van der Waals surface area contributed by atoms with Gasteiger partial charge >= 0.3 is 0 Å². The van der Waals surface area contributed by atoms with Gasteiger partial charge in [0.05, 0.1) is 23.1 Å². The number of piperazine rings is 1. The second kappa shape index (κ2) is 8.42. The zero-order valence-corrected chi connectivity index (χ0v) is 16.4. The van der Waals surface area contributed by atoms with Crippen LogP contribution in [-0.2, 0) is 14.8 Å². The first-order chi connectivity index (χ1) is 13.4. The summed E-state index contributed by atoms with van der Waals surface area (Å²) in [6.45, 7) is 3.30. The Morgan fingerprint density at radius 3 is 2.21 bits per heavy atom. The van der Waals surface area contributed by atoms with Crippen molar-refractivity contribution in [2.45, 2.75) is 11.8 Å². The molecular formula is C20H22N4O3S. The molecule has 2 aromatic rings. The highest BCUT2D eigenvalue weighted by molar-refractivity contribution is 7.89. The number of aryl methyl sites for hydroxylation is 1. The van der Waals surface area contributed by atoms with Gasteiger partial charge in [-0.15, -0.1) is 0 Å². The lowest BCUT2D eigenvalue weighted by Gasteiger charge is -2.34. The van der Waals surface area contributed by atoms with E-state index < -0.39 is 10.0 Å². The van der Waals surface area contributed by atoms with Crippen molar-refractivity contribution in [3.05, 3.63) is 59.7 Å². The molecule has 7 nitrogen and oxygen atoms in total. The second-order valence-corrected chi connectivity index (χ2v) is 8.58. The molecule has 8 heteroatoms. The molecule has 0 atom stereocenters. The Morgan fingerprint density at radius 1 is 1.04 bits per heavy atom. The largest absolute Gasteiger partial charge is 0.376 e. The molecule has 1 heterocycles. The number of nitrogens with zero attached hydrogens (tertiary/aromatic N) is 3. The molecule has 1 aliphatic rings. The summed E-state index contributed by atoms with van der Waals surface area (Å²) < 4.78 is 26.9. The van der Waals surface area contributed by atoms with Gasteiger partial charge in [0.1, 0.15) is 0 Å². The Bertz CT molecular complexity index is 972. The first-order valence-corrected chi connectivity index (χ1v) is 10.4. The van der Waals surface area contributed by atoms with Gasteiger partial charge < -0.3 is 10.2 Å². The van der Waals surface area contributed by atoms with Crippen LogP contribution in [0.1, 0.15) is 11.1 Å². The maximum absolute atomic E-state index is 12.7. The summed E-state index contributed by atoms with van der Waals surface area (Å²) >= 11 is 0. The summed E-state index contributed by atoms with van der Waals surface area (Å²) in [6, 6.07) is 15.7. The van der Waals surface area contributed by atoms with Crippen LogP contribution in [0.3, 0.4) is 0 Å². The van der Waals surface area contributed by atoms with Crippen LogP contribution in [-0.4, -0.2) is 56.3 Å². The normalized spacial score (nSPS) is 15.1. The molecule has 2 aromatic carbocycles. The number of rotatable bonds is 5. The molecule has 0 aliphatic carbocycles. The van der Waals surface area contributed by atoms with E-state index >= 15 is 0 Å². The summed E-state index contributed by atoms with van der Waals surface area (Å²) in [7, 11) is -3.54. The monoisotopic (exact) mass is 398 g/mol. The van der Waals surface area contributed by atoms with Crippen molar-refractivity contribution in [3.63, 3.8) is 0 Å². The fourth-order valence-electron chi connectivity index (χ4n) is 2.99. The van der Waals surface area contributed by atoms with E-state index in [4.69, 9.17) is 5.26 Å². The lowest BCUT2D eigenvalue weighted by atomic mass is 10.2. The fraction of sp³-hybridized carbons (Fsp3) is 0.300. The van der Waals surface area contributed by atoms with Gasteiger partial charge in [-0.25, -0.2) is 8.42 Å². The summed E-state index contributed by atoms with van der Waals surface area (Å²) in [6.07, 6.45) is 0. The van der Waals surface area contributed by atoms with Crippen molar-refractivity contribution in [1.82, 2.24) is 9.21 Å². The molecule has 0 spiro atoms. The summed E-state index contributed by atoms with van der Waals surface area (Å²) in [5.41, 5.74) is 2.32. The topological polar surface area (TPSA) is 93.5 Å². The van der Waals surface area contributed by atoms with Crippen molar-refractivity contribution in [2.75, 3.05) is 38.0 Å². The van der Waals surface area contributed by atoms with Gasteiger partial charge in [-0.05, 0) is 43.3 Å². The average molecular weight is 398 g/mol. The van der Waals surface area contributed by atoms with E-state index in [-0.39, 0.29) is 30.4 Å². The number of carbonyl (C=O) groups is 1. The molecular weight excluding hydrogens is 376 g/mol. The fourth-order valence-corrected chi connectivity index (χ4v) is 4.41. The first kappa shape index (κ1) is 19.9. The second-order valence-electron chi connectivity index (χ2n) is 6.64. The van der Waals surface area contributed by atoms with E-state index in [1.54, 1.807) is 53.4 Å². The standard InChI is InChI=1S/C20H22N4O3S/c1-16-2-8-19(9-3-16)28(26,27)24-12-10-23(11-13-24)20(25)15-22-18-6-4-17(14-21)5-7-18/h2-9,22H,10-13,15H2,1H3. The molecule has 1 fully saturated rings. The summed E-state index contributed by atoms with van der Waals surface area (Å²) in [4.78, 5) is 14.3. The number of carbonyl (C=O) groups excluding carboxylic acids is 1.